The fourth-order valence-corrected chi connectivity index (χ4v) is 8.44. The minimum Gasteiger partial charge on any atom is -0.309 e. The van der Waals surface area contributed by atoms with E-state index in [9.17, 15) is 4.79 Å². The third kappa shape index (κ3) is 2.65. The molecule has 0 heterocycles. The van der Waals surface area contributed by atoms with Crippen LogP contribution >= 0.6 is 0 Å². The lowest BCUT2D eigenvalue weighted by Gasteiger charge is -2.60. The fraction of sp³-hybridized carbons (Fsp3) is 0.957. The fourth-order valence-electron chi connectivity index (χ4n) is 8.44. The van der Waals surface area contributed by atoms with Gasteiger partial charge in [-0.15, -0.1) is 0 Å². The van der Waals surface area contributed by atoms with E-state index in [1.54, 1.807) is 0 Å². The van der Waals surface area contributed by atoms with E-state index < -0.39 is 0 Å². The number of hydrogen-bond acceptors (Lipinski definition) is 2. The molecule has 2 heteroatoms. The zero-order valence-electron chi connectivity index (χ0n) is 17.0. The molecule has 0 aromatic heterocycles. The van der Waals surface area contributed by atoms with Crippen LogP contribution in [-0.4, -0.2) is 31.8 Å². The van der Waals surface area contributed by atoms with E-state index >= 15 is 0 Å². The van der Waals surface area contributed by atoms with Gasteiger partial charge in [-0.1, -0.05) is 26.7 Å². The molecule has 142 valence electrons. The molecule has 4 fully saturated rings. The molecule has 0 N–H and O–H groups in total. The van der Waals surface area contributed by atoms with Gasteiger partial charge in [0.15, 0.2) is 0 Å². The number of carbonyl (C=O) groups excluding carboxylic acids is 1. The number of aldehydes is 1. The first-order chi connectivity index (χ1) is 11.9. The van der Waals surface area contributed by atoms with Gasteiger partial charge in [-0.2, -0.15) is 0 Å². The van der Waals surface area contributed by atoms with E-state index in [-0.39, 0.29) is 11.3 Å². The van der Waals surface area contributed by atoms with Gasteiger partial charge in [0.2, 0.25) is 0 Å². The molecule has 2 unspecified atom stereocenters. The second-order valence-corrected chi connectivity index (χ2v) is 10.9. The Kier molecular flexibility index (Phi) is 4.58. The Morgan fingerprint density at radius 2 is 1.76 bits per heavy atom. The SMILES string of the molecule is CN(C)CC1C[C@H]2[C@@H]3CC[C@H]4CCCC[C@]4(C)[C@H]3CC[C@]2(C)C1C=O. The molecule has 4 saturated carbocycles. The van der Waals surface area contributed by atoms with Gasteiger partial charge < -0.3 is 9.69 Å². The second-order valence-electron chi connectivity index (χ2n) is 10.9. The molecule has 4 aliphatic rings. The van der Waals surface area contributed by atoms with E-state index in [4.69, 9.17) is 0 Å². The van der Waals surface area contributed by atoms with E-state index in [0.717, 1.165) is 30.2 Å². The molecule has 8 atom stereocenters. The number of hydrogen-bond donors (Lipinski definition) is 0. The van der Waals surface area contributed by atoms with Gasteiger partial charge in [0.25, 0.3) is 0 Å². The lowest BCUT2D eigenvalue weighted by Crippen LogP contribution is -2.52. The van der Waals surface area contributed by atoms with E-state index in [1.807, 2.05) is 0 Å². The maximum Gasteiger partial charge on any atom is 0.123 e. The highest BCUT2D eigenvalue weighted by molar-refractivity contribution is 5.57. The number of carbonyl (C=O) groups is 1. The molecular weight excluding hydrogens is 306 g/mol. The van der Waals surface area contributed by atoms with Gasteiger partial charge in [0.05, 0.1) is 0 Å². The molecule has 0 aromatic rings. The van der Waals surface area contributed by atoms with Crippen LogP contribution in [0.15, 0.2) is 0 Å². The monoisotopic (exact) mass is 345 g/mol. The molecule has 0 aliphatic heterocycles. The van der Waals surface area contributed by atoms with Gasteiger partial charge in [0, 0.05) is 12.5 Å². The molecule has 0 spiro atoms. The summed E-state index contributed by atoms with van der Waals surface area (Å²) in [5.41, 5.74) is 0.889. The number of nitrogens with zero attached hydrogens (tertiary/aromatic N) is 1. The van der Waals surface area contributed by atoms with E-state index in [1.165, 1.54) is 64.1 Å². The molecule has 4 aliphatic carbocycles. The minimum atomic E-state index is 0.279. The first kappa shape index (κ1) is 18.0. The summed E-state index contributed by atoms with van der Waals surface area (Å²) in [6.45, 7) is 6.23. The topological polar surface area (TPSA) is 20.3 Å². The van der Waals surface area contributed by atoms with Crippen LogP contribution in [0.5, 0.6) is 0 Å². The Balaban J connectivity index is 1.62. The molecule has 4 rings (SSSR count). The maximum atomic E-state index is 12.1. The van der Waals surface area contributed by atoms with Crippen molar-refractivity contribution < 1.29 is 4.79 Å². The average Bonchev–Trinajstić information content (AvgIpc) is 2.84. The standard InChI is InChI=1S/C23H39NO/c1-22-11-6-5-7-17(22)8-9-18-19(22)10-12-23(2)20(18)13-16(14-24(3)4)21(23)15-25/h15-21H,5-14H2,1-4H3/t16?,17-,18-,19+,20+,21?,22+,23+/m1/s1. The quantitative estimate of drug-likeness (QED) is 0.669. The van der Waals surface area contributed by atoms with Crippen LogP contribution in [-0.2, 0) is 4.79 Å². The normalized spacial score (nSPS) is 52.4. The molecule has 2 nitrogen and oxygen atoms in total. The summed E-state index contributed by atoms with van der Waals surface area (Å²) in [4.78, 5) is 14.4. The highest BCUT2D eigenvalue weighted by Crippen LogP contribution is 2.68. The summed E-state index contributed by atoms with van der Waals surface area (Å²) in [5.74, 6) is 4.50. The van der Waals surface area contributed by atoms with Crippen LogP contribution in [0.4, 0.5) is 0 Å². The lowest BCUT2D eigenvalue weighted by atomic mass is 9.45. The van der Waals surface area contributed by atoms with Crippen molar-refractivity contribution in [2.45, 2.75) is 71.6 Å². The Morgan fingerprint density at radius 1 is 0.960 bits per heavy atom. The van der Waals surface area contributed by atoms with Crippen molar-refractivity contribution in [3.8, 4) is 0 Å². The summed E-state index contributed by atoms with van der Waals surface area (Å²) in [6, 6.07) is 0. The second kappa shape index (κ2) is 6.36. The highest BCUT2D eigenvalue weighted by Gasteiger charge is 2.61. The van der Waals surface area contributed by atoms with Crippen LogP contribution in [0.3, 0.4) is 0 Å². The van der Waals surface area contributed by atoms with Crippen molar-refractivity contribution in [3.63, 3.8) is 0 Å². The van der Waals surface area contributed by atoms with Crippen molar-refractivity contribution in [2.24, 2.45) is 46.3 Å². The minimum absolute atomic E-state index is 0.279. The summed E-state index contributed by atoms with van der Waals surface area (Å²) < 4.78 is 0. The summed E-state index contributed by atoms with van der Waals surface area (Å²) >= 11 is 0. The molecule has 0 bridgehead atoms. The first-order valence-corrected chi connectivity index (χ1v) is 11.0. The average molecular weight is 346 g/mol. The van der Waals surface area contributed by atoms with Gasteiger partial charge >= 0.3 is 0 Å². The molecule has 25 heavy (non-hydrogen) atoms. The summed E-state index contributed by atoms with van der Waals surface area (Å²) in [5, 5.41) is 0. The maximum absolute atomic E-state index is 12.1. The van der Waals surface area contributed by atoms with Crippen molar-refractivity contribution in [1.82, 2.24) is 4.90 Å². The lowest BCUT2D eigenvalue weighted by molar-refractivity contribution is -0.126. The van der Waals surface area contributed by atoms with Gasteiger partial charge in [0.1, 0.15) is 6.29 Å². The van der Waals surface area contributed by atoms with Gasteiger partial charge in [-0.05, 0) is 99.5 Å². The van der Waals surface area contributed by atoms with E-state index in [2.05, 4.69) is 32.8 Å². The third-order valence-corrected chi connectivity index (χ3v) is 9.59. The Bertz CT molecular complexity index is 516. The van der Waals surface area contributed by atoms with Crippen molar-refractivity contribution >= 4 is 6.29 Å². The summed E-state index contributed by atoms with van der Waals surface area (Å²) in [6.07, 6.45) is 14.2. The van der Waals surface area contributed by atoms with Crippen molar-refractivity contribution in [2.75, 3.05) is 20.6 Å². The van der Waals surface area contributed by atoms with Crippen LogP contribution < -0.4 is 0 Å². The van der Waals surface area contributed by atoms with Crippen molar-refractivity contribution in [1.29, 1.82) is 0 Å². The Labute approximate surface area is 155 Å². The molecule has 0 amide bonds. The predicted molar refractivity (Wildman–Crippen MR) is 103 cm³/mol. The molecule has 0 saturated heterocycles. The summed E-state index contributed by atoms with van der Waals surface area (Å²) in [7, 11) is 4.34. The zero-order valence-corrected chi connectivity index (χ0v) is 17.0. The predicted octanol–water partition coefficient (Wildman–Crippen LogP) is 5.02. The number of rotatable bonds is 3. The van der Waals surface area contributed by atoms with Crippen LogP contribution in [0.25, 0.3) is 0 Å². The van der Waals surface area contributed by atoms with E-state index in [0.29, 0.717) is 11.3 Å². The van der Waals surface area contributed by atoms with Crippen LogP contribution in [0.1, 0.15) is 71.6 Å². The highest BCUT2D eigenvalue weighted by atomic mass is 16.1. The Hall–Kier alpha value is -0.370. The van der Waals surface area contributed by atoms with Crippen LogP contribution in [0.2, 0.25) is 0 Å². The molecule has 0 aromatic carbocycles. The number of fused-ring (bicyclic) bond motifs is 5. The largest absolute Gasteiger partial charge is 0.309 e. The van der Waals surface area contributed by atoms with Gasteiger partial charge in [-0.25, -0.2) is 0 Å². The first-order valence-electron chi connectivity index (χ1n) is 11.0. The molecule has 0 radical (unpaired) electrons. The van der Waals surface area contributed by atoms with Crippen LogP contribution in [0, 0.1) is 46.3 Å². The smallest absolute Gasteiger partial charge is 0.123 e. The van der Waals surface area contributed by atoms with Gasteiger partial charge in [-0.3, -0.25) is 0 Å². The molecular formula is C23H39NO. The van der Waals surface area contributed by atoms with Crippen molar-refractivity contribution in [3.05, 3.63) is 0 Å². The zero-order chi connectivity index (χ0) is 17.8. The Morgan fingerprint density at radius 3 is 2.48 bits per heavy atom. The third-order valence-electron chi connectivity index (χ3n) is 9.59.